The molecule has 1 aliphatic rings. The Labute approximate surface area is 72.4 Å². The molecular weight excluding hydrogens is 186 g/mol. The zero-order valence-electron chi connectivity index (χ0n) is 6.29. The first-order valence-corrected chi connectivity index (χ1v) is 5.85. The van der Waals surface area contributed by atoms with E-state index in [4.69, 9.17) is 11.6 Å². The second kappa shape index (κ2) is 3.74. The minimum Gasteiger partial charge on any atom is -0.212 e. The van der Waals surface area contributed by atoms with Gasteiger partial charge in [0, 0.05) is 19.0 Å². The van der Waals surface area contributed by atoms with Crippen molar-refractivity contribution in [1.29, 1.82) is 0 Å². The zero-order chi connectivity index (χ0) is 8.32. The van der Waals surface area contributed by atoms with E-state index in [1.165, 1.54) is 4.31 Å². The van der Waals surface area contributed by atoms with Crippen molar-refractivity contribution in [2.45, 2.75) is 12.8 Å². The molecule has 0 aromatic carbocycles. The molecule has 1 fully saturated rings. The van der Waals surface area contributed by atoms with E-state index in [1.807, 2.05) is 0 Å². The van der Waals surface area contributed by atoms with Crippen molar-refractivity contribution in [3.05, 3.63) is 0 Å². The van der Waals surface area contributed by atoms with Crippen molar-refractivity contribution >= 4 is 21.6 Å². The van der Waals surface area contributed by atoms with Crippen LogP contribution in [0.25, 0.3) is 0 Å². The molecule has 0 N–H and O–H groups in total. The fourth-order valence-electron chi connectivity index (χ4n) is 1.19. The SMILES string of the molecule is O=S1(=O)CCCCN1CCCl. The Morgan fingerprint density at radius 1 is 1.36 bits per heavy atom. The molecule has 1 saturated heterocycles. The summed E-state index contributed by atoms with van der Waals surface area (Å²) in [5, 5.41) is 0. The molecule has 5 heteroatoms. The molecule has 1 aliphatic heterocycles. The van der Waals surface area contributed by atoms with Crippen LogP contribution >= 0.6 is 11.6 Å². The lowest BCUT2D eigenvalue weighted by molar-refractivity contribution is 0.399. The van der Waals surface area contributed by atoms with E-state index in [1.54, 1.807) is 0 Å². The predicted molar refractivity (Wildman–Crippen MR) is 45.3 cm³/mol. The van der Waals surface area contributed by atoms with Crippen molar-refractivity contribution in [3.63, 3.8) is 0 Å². The number of alkyl halides is 1. The van der Waals surface area contributed by atoms with Gasteiger partial charge in [0.05, 0.1) is 5.75 Å². The van der Waals surface area contributed by atoms with Gasteiger partial charge in [-0.15, -0.1) is 11.6 Å². The van der Waals surface area contributed by atoms with E-state index in [9.17, 15) is 8.42 Å². The first kappa shape index (κ1) is 9.29. The van der Waals surface area contributed by atoms with Gasteiger partial charge in [-0.3, -0.25) is 0 Å². The summed E-state index contributed by atoms with van der Waals surface area (Å²) in [6, 6.07) is 0. The maximum atomic E-state index is 11.2. The van der Waals surface area contributed by atoms with Crippen LogP contribution in [0.2, 0.25) is 0 Å². The third kappa shape index (κ3) is 2.32. The van der Waals surface area contributed by atoms with Crippen LogP contribution in [0.5, 0.6) is 0 Å². The predicted octanol–water partition coefficient (Wildman–Crippen LogP) is 0.651. The molecule has 0 saturated carbocycles. The number of rotatable bonds is 2. The molecule has 0 unspecified atom stereocenters. The first-order chi connectivity index (χ1) is 5.17. The van der Waals surface area contributed by atoms with Gasteiger partial charge < -0.3 is 0 Å². The lowest BCUT2D eigenvalue weighted by Crippen LogP contribution is -2.38. The Bertz CT molecular complexity index is 213. The van der Waals surface area contributed by atoms with Gasteiger partial charge in [-0.1, -0.05) is 0 Å². The van der Waals surface area contributed by atoms with Crippen LogP contribution in [-0.4, -0.2) is 37.4 Å². The molecular formula is C6H12ClNO2S. The van der Waals surface area contributed by atoms with E-state index in [0.717, 1.165) is 12.8 Å². The normalized spacial score (nSPS) is 25.2. The molecule has 0 aromatic rings. The quantitative estimate of drug-likeness (QED) is 0.610. The van der Waals surface area contributed by atoms with E-state index in [2.05, 4.69) is 0 Å². The highest BCUT2D eigenvalue weighted by Crippen LogP contribution is 2.12. The van der Waals surface area contributed by atoms with Gasteiger partial charge in [-0.25, -0.2) is 12.7 Å². The minimum atomic E-state index is -2.94. The number of sulfonamides is 1. The van der Waals surface area contributed by atoms with E-state index < -0.39 is 10.0 Å². The van der Waals surface area contributed by atoms with Gasteiger partial charge in [-0.2, -0.15) is 0 Å². The van der Waals surface area contributed by atoms with Crippen molar-refractivity contribution in [3.8, 4) is 0 Å². The van der Waals surface area contributed by atoms with Crippen LogP contribution in [0.15, 0.2) is 0 Å². The summed E-state index contributed by atoms with van der Waals surface area (Å²) in [5.41, 5.74) is 0. The molecule has 0 amide bonds. The fraction of sp³-hybridized carbons (Fsp3) is 1.00. The van der Waals surface area contributed by atoms with Crippen molar-refractivity contribution in [2.24, 2.45) is 0 Å². The van der Waals surface area contributed by atoms with E-state index in [0.29, 0.717) is 24.7 Å². The third-order valence-corrected chi connectivity index (χ3v) is 3.91. The van der Waals surface area contributed by atoms with Gasteiger partial charge in [0.15, 0.2) is 0 Å². The number of hydrogen-bond donors (Lipinski definition) is 0. The van der Waals surface area contributed by atoms with Crippen LogP contribution in [-0.2, 0) is 10.0 Å². The lowest BCUT2D eigenvalue weighted by Gasteiger charge is -2.25. The van der Waals surface area contributed by atoms with Gasteiger partial charge in [0.1, 0.15) is 0 Å². The van der Waals surface area contributed by atoms with Gasteiger partial charge in [0.25, 0.3) is 0 Å². The van der Waals surface area contributed by atoms with Gasteiger partial charge in [0.2, 0.25) is 10.0 Å². The highest BCUT2D eigenvalue weighted by atomic mass is 35.5. The fourth-order valence-corrected chi connectivity index (χ4v) is 3.09. The standard InChI is InChI=1S/C6H12ClNO2S/c7-3-5-8-4-1-2-6-11(8,9)10/h1-6H2. The third-order valence-electron chi connectivity index (χ3n) is 1.79. The molecule has 0 bridgehead atoms. The first-order valence-electron chi connectivity index (χ1n) is 3.70. The summed E-state index contributed by atoms with van der Waals surface area (Å²) >= 11 is 5.46. The summed E-state index contributed by atoms with van der Waals surface area (Å²) in [6.45, 7) is 1.11. The molecule has 0 atom stereocenters. The lowest BCUT2D eigenvalue weighted by atomic mass is 10.3. The monoisotopic (exact) mass is 197 g/mol. The molecule has 1 heterocycles. The summed E-state index contributed by atoms with van der Waals surface area (Å²) in [5.74, 6) is 0.684. The van der Waals surface area contributed by atoms with Gasteiger partial charge >= 0.3 is 0 Å². The Balaban J connectivity index is 2.60. The highest BCUT2D eigenvalue weighted by Gasteiger charge is 2.24. The molecule has 11 heavy (non-hydrogen) atoms. The Kier molecular flexibility index (Phi) is 3.16. The van der Waals surface area contributed by atoms with Crippen LogP contribution in [0.3, 0.4) is 0 Å². The topological polar surface area (TPSA) is 37.4 Å². The molecule has 1 rings (SSSR count). The average Bonchev–Trinajstić information content (AvgIpc) is 1.94. The molecule has 0 aliphatic carbocycles. The van der Waals surface area contributed by atoms with Crippen LogP contribution < -0.4 is 0 Å². The van der Waals surface area contributed by atoms with Crippen molar-refractivity contribution in [2.75, 3.05) is 24.7 Å². The smallest absolute Gasteiger partial charge is 0.212 e. The van der Waals surface area contributed by atoms with Crippen LogP contribution in [0.4, 0.5) is 0 Å². The van der Waals surface area contributed by atoms with Crippen LogP contribution in [0.1, 0.15) is 12.8 Å². The number of halogens is 1. The maximum absolute atomic E-state index is 11.2. The van der Waals surface area contributed by atoms with Crippen molar-refractivity contribution < 1.29 is 8.42 Å². The molecule has 0 spiro atoms. The second-order valence-corrected chi connectivity index (χ2v) is 5.08. The highest BCUT2D eigenvalue weighted by molar-refractivity contribution is 7.89. The molecule has 0 aromatic heterocycles. The second-order valence-electron chi connectivity index (χ2n) is 2.61. The van der Waals surface area contributed by atoms with Crippen molar-refractivity contribution in [1.82, 2.24) is 4.31 Å². The number of hydrogen-bond acceptors (Lipinski definition) is 2. The van der Waals surface area contributed by atoms with Gasteiger partial charge in [-0.05, 0) is 12.8 Å². The molecule has 66 valence electrons. The minimum absolute atomic E-state index is 0.296. The van der Waals surface area contributed by atoms with E-state index >= 15 is 0 Å². The maximum Gasteiger partial charge on any atom is 0.214 e. The number of nitrogens with zero attached hydrogens (tertiary/aromatic N) is 1. The van der Waals surface area contributed by atoms with Crippen LogP contribution in [0, 0.1) is 0 Å². The summed E-state index contributed by atoms with van der Waals surface area (Å²) in [7, 11) is -2.94. The summed E-state index contributed by atoms with van der Waals surface area (Å²) in [6.07, 6.45) is 1.76. The Morgan fingerprint density at radius 2 is 2.09 bits per heavy atom. The summed E-state index contributed by atoms with van der Waals surface area (Å²) < 4.78 is 24.0. The molecule has 0 radical (unpaired) electrons. The Hall–Kier alpha value is 0.200. The summed E-state index contributed by atoms with van der Waals surface area (Å²) in [4.78, 5) is 0. The largest absolute Gasteiger partial charge is 0.214 e. The Morgan fingerprint density at radius 3 is 2.64 bits per heavy atom. The molecule has 3 nitrogen and oxygen atoms in total. The average molecular weight is 198 g/mol. The zero-order valence-corrected chi connectivity index (χ0v) is 7.86. The van der Waals surface area contributed by atoms with E-state index in [-0.39, 0.29) is 0 Å².